The van der Waals surface area contributed by atoms with E-state index in [0.29, 0.717) is 27.6 Å². The molecule has 0 fully saturated rings. The van der Waals surface area contributed by atoms with Gasteiger partial charge in [0.15, 0.2) is 9.84 Å². The molecular weight excluding hydrogens is 462 g/mol. The quantitative estimate of drug-likeness (QED) is 0.385. The van der Waals surface area contributed by atoms with Crippen LogP contribution in [-0.4, -0.2) is 35.4 Å². The van der Waals surface area contributed by atoms with Gasteiger partial charge in [-0.1, -0.05) is 24.3 Å². The average molecular weight is 484 g/mol. The fourth-order valence-corrected chi connectivity index (χ4v) is 5.72. The van der Waals surface area contributed by atoms with Crippen LogP contribution in [0.15, 0.2) is 65.8 Å². The molecule has 0 saturated carbocycles. The predicted octanol–water partition coefficient (Wildman–Crippen LogP) is 4.02. The molecular formula is C24H22ClN3O4S. The number of carbonyl (C=O) groups excluding carboxylic acids is 1. The third kappa shape index (κ3) is 4.13. The number of benzene rings is 2. The molecule has 0 saturated heterocycles. The highest BCUT2D eigenvalue weighted by atomic mass is 35.5. The number of phenols is 1. The Kier molecular flexibility index (Phi) is 6.25. The van der Waals surface area contributed by atoms with Crippen LogP contribution in [0.2, 0.25) is 0 Å². The van der Waals surface area contributed by atoms with Gasteiger partial charge < -0.3 is 15.0 Å². The minimum absolute atomic E-state index is 0.0212. The molecule has 9 heteroatoms. The van der Waals surface area contributed by atoms with Crippen molar-refractivity contribution in [3.63, 3.8) is 0 Å². The van der Waals surface area contributed by atoms with Crippen LogP contribution < -0.4 is 5.32 Å². The number of fused-ring (bicyclic) bond motifs is 1. The van der Waals surface area contributed by atoms with Crippen molar-refractivity contribution in [3.05, 3.63) is 77.7 Å². The van der Waals surface area contributed by atoms with Gasteiger partial charge in [0.2, 0.25) is 0 Å². The number of carbonyl (C=O) groups is 1. The lowest BCUT2D eigenvalue weighted by atomic mass is 9.97. The zero-order valence-electron chi connectivity index (χ0n) is 18.0. The molecule has 0 aliphatic heterocycles. The first-order chi connectivity index (χ1) is 15.8. The van der Waals surface area contributed by atoms with Gasteiger partial charge in [0, 0.05) is 53.8 Å². The summed E-state index contributed by atoms with van der Waals surface area (Å²) < 4.78 is 27.9. The van der Waals surface area contributed by atoms with E-state index in [4.69, 9.17) is 11.6 Å². The molecule has 0 aliphatic rings. The van der Waals surface area contributed by atoms with Gasteiger partial charge in [0.05, 0.1) is 21.7 Å². The molecule has 0 bridgehead atoms. The van der Waals surface area contributed by atoms with Crippen molar-refractivity contribution in [2.75, 3.05) is 7.05 Å². The maximum absolute atomic E-state index is 13.1. The molecule has 0 atom stereocenters. The van der Waals surface area contributed by atoms with E-state index in [2.05, 4.69) is 10.3 Å². The maximum Gasteiger partial charge on any atom is 0.254 e. The number of pyridine rings is 1. The van der Waals surface area contributed by atoms with Crippen molar-refractivity contribution in [2.24, 2.45) is 7.05 Å². The highest BCUT2D eigenvalue weighted by molar-refractivity contribution is 7.90. The van der Waals surface area contributed by atoms with Gasteiger partial charge in [0.25, 0.3) is 5.24 Å². The zero-order valence-corrected chi connectivity index (χ0v) is 19.6. The summed E-state index contributed by atoms with van der Waals surface area (Å²) in [6, 6.07) is 13.3. The number of phenolic OH excluding ortho intramolecular Hbond substituents is 1. The summed E-state index contributed by atoms with van der Waals surface area (Å²) in [7, 11) is -0.351. The van der Waals surface area contributed by atoms with Gasteiger partial charge >= 0.3 is 0 Å². The Labute approximate surface area is 196 Å². The van der Waals surface area contributed by atoms with Gasteiger partial charge in [-0.25, -0.2) is 8.42 Å². The second kappa shape index (κ2) is 8.97. The van der Waals surface area contributed by atoms with E-state index >= 15 is 0 Å². The summed E-state index contributed by atoms with van der Waals surface area (Å²) in [5.41, 5.74) is 2.58. The molecule has 0 unspecified atom stereocenters. The largest absolute Gasteiger partial charge is 0.507 e. The first-order valence-corrected chi connectivity index (χ1v) is 12.2. The van der Waals surface area contributed by atoms with E-state index < -0.39 is 20.8 Å². The van der Waals surface area contributed by atoms with E-state index in [1.165, 1.54) is 12.1 Å². The van der Waals surface area contributed by atoms with Crippen LogP contribution in [0.4, 0.5) is 0 Å². The Hall–Kier alpha value is -3.20. The molecule has 0 spiro atoms. The monoisotopic (exact) mass is 483 g/mol. The minimum atomic E-state index is -3.76. The van der Waals surface area contributed by atoms with Crippen LogP contribution >= 0.6 is 11.6 Å². The molecule has 4 aromatic rings. The number of nitrogens with zero attached hydrogens (tertiary/aromatic N) is 2. The molecule has 33 heavy (non-hydrogen) atoms. The van der Waals surface area contributed by atoms with Crippen molar-refractivity contribution in [1.29, 1.82) is 0 Å². The number of aromatic nitrogens is 2. The first-order valence-electron chi connectivity index (χ1n) is 10.1. The van der Waals surface area contributed by atoms with Crippen LogP contribution in [0.5, 0.6) is 5.75 Å². The van der Waals surface area contributed by atoms with Crippen molar-refractivity contribution in [2.45, 2.75) is 17.2 Å². The summed E-state index contributed by atoms with van der Waals surface area (Å²) in [6.45, 7) is 0.239. The molecule has 2 heterocycles. The zero-order chi connectivity index (χ0) is 23.8. The number of aryl methyl sites for hydroxylation is 1. The number of hydrogen-bond acceptors (Lipinski definition) is 6. The number of hydrogen-bond donors (Lipinski definition) is 2. The fourth-order valence-electron chi connectivity index (χ4n) is 4.08. The molecule has 7 nitrogen and oxygen atoms in total. The summed E-state index contributed by atoms with van der Waals surface area (Å²) in [4.78, 5) is 16.9. The third-order valence-corrected chi connectivity index (χ3v) is 7.47. The maximum atomic E-state index is 13.1. The molecule has 2 aromatic heterocycles. The highest BCUT2D eigenvalue weighted by Crippen LogP contribution is 2.41. The lowest BCUT2D eigenvalue weighted by Crippen LogP contribution is -2.11. The number of sulfone groups is 1. The molecule has 0 aliphatic carbocycles. The molecule has 2 N–H and O–H groups in total. The van der Waals surface area contributed by atoms with Crippen molar-refractivity contribution in [1.82, 2.24) is 14.9 Å². The molecule has 0 radical (unpaired) electrons. The smallest absolute Gasteiger partial charge is 0.254 e. The summed E-state index contributed by atoms with van der Waals surface area (Å²) in [5.74, 6) is -0.440. The van der Waals surface area contributed by atoms with E-state index in [1.54, 1.807) is 61.4 Å². The standard InChI is InChI=1S/C24H22ClN3O4S/c1-26-13-18-21-19(11-17(23(18)29)15-7-6-10-27-12-15)28(2)20(22(21)24(25)30)14-33(31,32)16-8-4-3-5-9-16/h3-12,26,29H,13-14H2,1-2H3. The number of nitrogens with one attached hydrogen (secondary N) is 1. The number of halogens is 1. The van der Waals surface area contributed by atoms with Gasteiger partial charge in [-0.2, -0.15) is 0 Å². The normalized spacial score (nSPS) is 11.7. The SMILES string of the molecule is CNCc1c(O)c(-c2cccnc2)cc2c1c(C(=O)Cl)c(CS(=O)(=O)c1ccccc1)n2C. The van der Waals surface area contributed by atoms with Crippen LogP contribution in [0, 0.1) is 0 Å². The van der Waals surface area contributed by atoms with Crippen LogP contribution in [-0.2, 0) is 29.2 Å². The van der Waals surface area contributed by atoms with E-state index in [0.717, 1.165) is 0 Å². The van der Waals surface area contributed by atoms with E-state index in [9.17, 15) is 18.3 Å². The lowest BCUT2D eigenvalue weighted by Gasteiger charge is -2.13. The van der Waals surface area contributed by atoms with E-state index in [1.807, 2.05) is 6.07 Å². The molecule has 4 rings (SSSR count). The fraction of sp³-hybridized carbons (Fsp3) is 0.167. The lowest BCUT2D eigenvalue weighted by molar-refractivity contribution is 0.108. The number of rotatable bonds is 7. The van der Waals surface area contributed by atoms with Crippen LogP contribution in [0.3, 0.4) is 0 Å². The van der Waals surface area contributed by atoms with Crippen molar-refractivity contribution in [3.8, 4) is 16.9 Å². The predicted molar refractivity (Wildman–Crippen MR) is 128 cm³/mol. The van der Waals surface area contributed by atoms with Gasteiger partial charge in [-0.05, 0) is 42.9 Å². The topological polar surface area (TPSA) is 101 Å². The summed E-state index contributed by atoms with van der Waals surface area (Å²) >= 11 is 6.00. The molecule has 2 aromatic carbocycles. The molecule has 0 amide bonds. The summed E-state index contributed by atoms with van der Waals surface area (Å²) in [6.07, 6.45) is 3.26. The van der Waals surface area contributed by atoms with Crippen molar-refractivity contribution >= 4 is 37.6 Å². The van der Waals surface area contributed by atoms with Gasteiger partial charge in [-0.15, -0.1) is 0 Å². The first kappa shape index (κ1) is 23.0. The number of aromatic hydroxyl groups is 1. The Bertz CT molecular complexity index is 1450. The Morgan fingerprint density at radius 3 is 2.52 bits per heavy atom. The summed E-state index contributed by atoms with van der Waals surface area (Å²) in [5, 5.41) is 13.8. The van der Waals surface area contributed by atoms with Gasteiger partial charge in [0.1, 0.15) is 5.75 Å². The second-order valence-corrected chi connectivity index (χ2v) is 9.98. The van der Waals surface area contributed by atoms with Crippen molar-refractivity contribution < 1.29 is 18.3 Å². The van der Waals surface area contributed by atoms with Crippen LogP contribution in [0.1, 0.15) is 21.6 Å². The molecule has 170 valence electrons. The van der Waals surface area contributed by atoms with Crippen LogP contribution in [0.25, 0.3) is 22.0 Å². The highest BCUT2D eigenvalue weighted by Gasteiger charge is 2.29. The Morgan fingerprint density at radius 2 is 1.91 bits per heavy atom. The Morgan fingerprint density at radius 1 is 1.18 bits per heavy atom. The Balaban J connectivity index is 2.03. The average Bonchev–Trinajstić information content (AvgIpc) is 3.07. The van der Waals surface area contributed by atoms with E-state index in [-0.39, 0.29) is 28.4 Å². The van der Waals surface area contributed by atoms with Gasteiger partial charge in [-0.3, -0.25) is 9.78 Å². The third-order valence-electron chi connectivity index (χ3n) is 5.64. The minimum Gasteiger partial charge on any atom is -0.507 e. The second-order valence-electron chi connectivity index (χ2n) is 7.64.